The monoisotopic (exact) mass is 317 g/mol. The number of para-hydroxylation sites is 1. The third kappa shape index (κ3) is 4.38. The van der Waals surface area contributed by atoms with Gasteiger partial charge >= 0.3 is 5.69 Å². The largest absolute Gasteiger partial charge is 0.383 e. The summed E-state index contributed by atoms with van der Waals surface area (Å²) in [6.07, 6.45) is 0. The summed E-state index contributed by atoms with van der Waals surface area (Å²) in [6.45, 7) is 4.07. The van der Waals surface area contributed by atoms with Gasteiger partial charge in [-0.05, 0) is 26.0 Å². The number of benzene rings is 1. The summed E-state index contributed by atoms with van der Waals surface area (Å²) in [5, 5.41) is 13.8. The van der Waals surface area contributed by atoms with E-state index in [1.165, 1.54) is 25.2 Å². The first-order valence-corrected chi connectivity index (χ1v) is 7.87. The standard InChI is InChI=1S/C12H19N3O5S/c1-4-20-8-9(2)14-21(18,19)11-7-5-6-10(13-3)12(11)15(16)17/h5-7,9,13-14H,4,8H2,1-3H3. The molecule has 1 atom stereocenters. The molecule has 1 unspecified atom stereocenters. The molecule has 0 aliphatic heterocycles. The molecule has 118 valence electrons. The molecule has 0 aliphatic carbocycles. The number of anilines is 1. The van der Waals surface area contributed by atoms with Crippen LogP contribution in [-0.2, 0) is 14.8 Å². The van der Waals surface area contributed by atoms with Crippen molar-refractivity contribution in [1.29, 1.82) is 0 Å². The molecule has 21 heavy (non-hydrogen) atoms. The number of nitrogens with one attached hydrogen (secondary N) is 2. The minimum absolute atomic E-state index is 0.139. The van der Waals surface area contributed by atoms with Crippen molar-refractivity contribution in [3.8, 4) is 0 Å². The van der Waals surface area contributed by atoms with Gasteiger partial charge in [0.2, 0.25) is 10.0 Å². The number of sulfonamides is 1. The van der Waals surface area contributed by atoms with Crippen molar-refractivity contribution >= 4 is 21.4 Å². The van der Waals surface area contributed by atoms with Crippen molar-refractivity contribution in [2.24, 2.45) is 0 Å². The molecule has 0 aromatic heterocycles. The van der Waals surface area contributed by atoms with Crippen molar-refractivity contribution in [2.75, 3.05) is 25.6 Å². The zero-order valence-electron chi connectivity index (χ0n) is 12.1. The van der Waals surface area contributed by atoms with Crippen LogP contribution in [0.2, 0.25) is 0 Å². The van der Waals surface area contributed by atoms with Gasteiger partial charge in [0.05, 0.1) is 11.5 Å². The molecule has 0 saturated carbocycles. The summed E-state index contributed by atoms with van der Waals surface area (Å²) in [6, 6.07) is 3.60. The predicted molar refractivity (Wildman–Crippen MR) is 78.9 cm³/mol. The van der Waals surface area contributed by atoms with Crippen LogP contribution in [0.1, 0.15) is 13.8 Å². The first-order chi connectivity index (χ1) is 9.83. The molecule has 0 radical (unpaired) electrons. The molecule has 0 amide bonds. The summed E-state index contributed by atoms with van der Waals surface area (Å²) in [4.78, 5) is 10.1. The van der Waals surface area contributed by atoms with Gasteiger partial charge in [0.25, 0.3) is 0 Å². The van der Waals surface area contributed by atoms with Crippen LogP contribution < -0.4 is 10.0 Å². The number of hydrogen-bond donors (Lipinski definition) is 2. The molecule has 1 rings (SSSR count). The Morgan fingerprint density at radius 1 is 1.43 bits per heavy atom. The van der Waals surface area contributed by atoms with Crippen molar-refractivity contribution in [2.45, 2.75) is 24.8 Å². The highest BCUT2D eigenvalue weighted by molar-refractivity contribution is 7.89. The topological polar surface area (TPSA) is 111 Å². The normalized spacial score (nSPS) is 12.9. The fourth-order valence-corrected chi connectivity index (χ4v) is 3.21. The predicted octanol–water partition coefficient (Wildman–Crippen LogP) is 1.34. The minimum Gasteiger partial charge on any atom is -0.383 e. The van der Waals surface area contributed by atoms with Crippen molar-refractivity contribution in [3.05, 3.63) is 28.3 Å². The van der Waals surface area contributed by atoms with Crippen LogP contribution in [0.5, 0.6) is 0 Å². The summed E-state index contributed by atoms with van der Waals surface area (Å²) in [5.74, 6) is 0. The van der Waals surface area contributed by atoms with Crippen molar-refractivity contribution in [1.82, 2.24) is 4.72 Å². The third-order valence-electron chi connectivity index (χ3n) is 2.67. The van der Waals surface area contributed by atoms with Gasteiger partial charge in [-0.2, -0.15) is 0 Å². The van der Waals surface area contributed by atoms with E-state index in [1.54, 1.807) is 13.8 Å². The third-order valence-corrected chi connectivity index (χ3v) is 4.29. The number of nitrogens with zero attached hydrogens (tertiary/aromatic N) is 1. The summed E-state index contributed by atoms with van der Waals surface area (Å²) in [7, 11) is -2.52. The van der Waals surface area contributed by atoms with Crippen LogP contribution in [0.25, 0.3) is 0 Å². The van der Waals surface area contributed by atoms with Gasteiger partial charge in [-0.25, -0.2) is 13.1 Å². The second-order valence-electron chi connectivity index (χ2n) is 4.34. The number of rotatable bonds is 8. The van der Waals surface area contributed by atoms with Crippen LogP contribution in [0.3, 0.4) is 0 Å². The molecule has 2 N–H and O–H groups in total. The zero-order chi connectivity index (χ0) is 16.0. The summed E-state index contributed by atoms with van der Waals surface area (Å²) >= 11 is 0. The maximum Gasteiger partial charge on any atom is 0.312 e. The van der Waals surface area contributed by atoms with Crippen LogP contribution in [0.15, 0.2) is 23.1 Å². The number of ether oxygens (including phenoxy) is 1. The molecule has 8 nitrogen and oxygen atoms in total. The van der Waals surface area contributed by atoms with Crippen molar-refractivity contribution < 1.29 is 18.1 Å². The Hall–Kier alpha value is -1.71. The molecule has 1 aromatic rings. The highest BCUT2D eigenvalue weighted by atomic mass is 32.2. The zero-order valence-corrected chi connectivity index (χ0v) is 12.9. The molecule has 1 aromatic carbocycles. The van der Waals surface area contributed by atoms with Crippen molar-refractivity contribution in [3.63, 3.8) is 0 Å². The Morgan fingerprint density at radius 2 is 2.10 bits per heavy atom. The SMILES string of the molecule is CCOCC(C)NS(=O)(=O)c1cccc(NC)c1[N+](=O)[O-]. The lowest BCUT2D eigenvalue weighted by molar-refractivity contribution is -0.386. The highest BCUT2D eigenvalue weighted by Gasteiger charge is 2.29. The molecule has 0 aliphatic rings. The lowest BCUT2D eigenvalue weighted by Gasteiger charge is -2.14. The molecule has 0 spiro atoms. The second-order valence-corrected chi connectivity index (χ2v) is 6.02. The fourth-order valence-electron chi connectivity index (χ4n) is 1.79. The maximum atomic E-state index is 12.3. The quantitative estimate of drug-likeness (QED) is 0.553. The Balaban J connectivity index is 3.17. The Morgan fingerprint density at radius 3 is 2.62 bits per heavy atom. The van der Waals surface area contributed by atoms with E-state index in [1.807, 2.05) is 0 Å². The second kappa shape index (κ2) is 7.34. The number of nitro groups is 1. The van der Waals surface area contributed by atoms with E-state index in [2.05, 4.69) is 10.0 Å². The van der Waals surface area contributed by atoms with E-state index < -0.39 is 26.7 Å². The number of hydrogen-bond acceptors (Lipinski definition) is 6. The molecule has 0 bridgehead atoms. The number of nitro benzene ring substituents is 1. The summed E-state index contributed by atoms with van der Waals surface area (Å²) in [5.41, 5.74) is -0.337. The van der Waals surface area contributed by atoms with Gasteiger partial charge in [-0.3, -0.25) is 10.1 Å². The highest BCUT2D eigenvalue weighted by Crippen LogP contribution is 2.31. The van der Waals surface area contributed by atoms with Gasteiger partial charge < -0.3 is 10.1 Å². The van der Waals surface area contributed by atoms with Gasteiger partial charge in [0.1, 0.15) is 5.69 Å². The minimum atomic E-state index is -4.01. The molecule has 0 saturated heterocycles. The molecular weight excluding hydrogens is 298 g/mol. The van der Waals surface area contributed by atoms with Crippen LogP contribution in [0, 0.1) is 10.1 Å². The van der Waals surface area contributed by atoms with Gasteiger partial charge in [0.15, 0.2) is 4.90 Å². The van der Waals surface area contributed by atoms with E-state index >= 15 is 0 Å². The van der Waals surface area contributed by atoms with E-state index in [-0.39, 0.29) is 17.2 Å². The maximum absolute atomic E-state index is 12.3. The van der Waals surface area contributed by atoms with Gasteiger partial charge in [0, 0.05) is 19.7 Å². The Kier molecular flexibility index (Phi) is 6.06. The van der Waals surface area contributed by atoms with E-state index in [9.17, 15) is 18.5 Å². The molecule has 0 fully saturated rings. The Bertz CT molecular complexity index is 603. The van der Waals surface area contributed by atoms with Gasteiger partial charge in [-0.1, -0.05) is 6.07 Å². The average Bonchev–Trinajstić information content (AvgIpc) is 2.43. The van der Waals surface area contributed by atoms with Gasteiger partial charge in [-0.15, -0.1) is 0 Å². The smallest absolute Gasteiger partial charge is 0.312 e. The van der Waals surface area contributed by atoms with E-state index in [0.717, 1.165) is 0 Å². The lowest BCUT2D eigenvalue weighted by atomic mass is 10.3. The van der Waals surface area contributed by atoms with Crippen LogP contribution in [0.4, 0.5) is 11.4 Å². The summed E-state index contributed by atoms with van der Waals surface area (Å²) < 4.78 is 32.1. The first-order valence-electron chi connectivity index (χ1n) is 6.38. The average molecular weight is 317 g/mol. The van der Waals surface area contributed by atoms with E-state index in [4.69, 9.17) is 4.74 Å². The lowest BCUT2D eigenvalue weighted by Crippen LogP contribution is -2.36. The fraction of sp³-hybridized carbons (Fsp3) is 0.500. The van der Waals surface area contributed by atoms with Crippen LogP contribution in [-0.4, -0.2) is 39.6 Å². The van der Waals surface area contributed by atoms with E-state index in [0.29, 0.717) is 6.61 Å². The van der Waals surface area contributed by atoms with Crippen LogP contribution >= 0.6 is 0 Å². The molecule has 0 heterocycles. The molecular formula is C12H19N3O5S. The molecule has 9 heteroatoms. The Labute approximate surface area is 123 Å². The first kappa shape index (κ1) is 17.3.